The van der Waals surface area contributed by atoms with Gasteiger partial charge in [0.1, 0.15) is 0 Å². The van der Waals surface area contributed by atoms with Crippen molar-refractivity contribution in [1.29, 1.82) is 0 Å². The van der Waals surface area contributed by atoms with Crippen molar-refractivity contribution < 1.29 is 21.9 Å². The normalized spacial score (nSPS) is 13.9. The van der Waals surface area contributed by atoms with Crippen LogP contribution < -0.4 is 6.15 Å². The third kappa shape index (κ3) is 5.92. The molecule has 0 aromatic rings. The fourth-order valence-corrected chi connectivity index (χ4v) is 0.630. The van der Waals surface area contributed by atoms with Gasteiger partial charge in [0.15, 0.2) is 6.29 Å². The Balaban J connectivity index is 0. The predicted octanol–water partition coefficient (Wildman–Crippen LogP) is -0.605. The van der Waals surface area contributed by atoms with Crippen molar-refractivity contribution in [2.75, 3.05) is 7.11 Å². The van der Waals surface area contributed by atoms with Crippen LogP contribution in [-0.4, -0.2) is 26.9 Å². The van der Waals surface area contributed by atoms with Crippen molar-refractivity contribution in [2.45, 2.75) is 13.2 Å². The third-order valence-electron chi connectivity index (χ3n) is 0.461. The zero-order chi connectivity index (χ0) is 7.49. The first kappa shape index (κ1) is 12.5. The molecular formula is C3H11NO5S. The van der Waals surface area contributed by atoms with Crippen LogP contribution in [0.5, 0.6) is 0 Å². The predicted molar refractivity (Wildman–Crippen MR) is 33.7 cm³/mol. The quantitative estimate of drug-likeness (QED) is 0.551. The molecule has 0 fully saturated rings. The van der Waals surface area contributed by atoms with E-state index in [4.69, 9.17) is 5.11 Å². The van der Waals surface area contributed by atoms with Crippen LogP contribution in [0.3, 0.4) is 0 Å². The van der Waals surface area contributed by atoms with Gasteiger partial charge in [0.05, 0.1) is 7.11 Å². The molecule has 1 atom stereocenters. The van der Waals surface area contributed by atoms with Crippen molar-refractivity contribution >= 4 is 10.4 Å². The number of hydrogen-bond donors (Lipinski definition) is 2. The Kier molecular flexibility index (Phi) is 5.71. The summed E-state index contributed by atoms with van der Waals surface area (Å²) in [6.07, 6.45) is -1.37. The average molecular weight is 173 g/mol. The van der Waals surface area contributed by atoms with E-state index in [2.05, 4.69) is 8.37 Å². The summed E-state index contributed by atoms with van der Waals surface area (Å²) in [5, 5.41) is 8.34. The Morgan fingerprint density at radius 2 is 1.90 bits per heavy atom. The van der Waals surface area contributed by atoms with Crippen LogP contribution in [0.4, 0.5) is 0 Å². The Labute approximate surface area is 59.7 Å². The first-order valence-electron chi connectivity index (χ1n) is 2.15. The lowest BCUT2D eigenvalue weighted by Gasteiger charge is -2.02. The summed E-state index contributed by atoms with van der Waals surface area (Å²) in [5.74, 6) is 0. The monoisotopic (exact) mass is 173 g/mol. The Morgan fingerprint density at radius 3 is 2.00 bits per heavy atom. The molecule has 1 unspecified atom stereocenters. The molecule has 0 saturated heterocycles. The van der Waals surface area contributed by atoms with Crippen molar-refractivity contribution in [3.63, 3.8) is 0 Å². The van der Waals surface area contributed by atoms with Gasteiger partial charge in [-0.15, -0.1) is 0 Å². The maximum absolute atomic E-state index is 10.2. The van der Waals surface area contributed by atoms with Crippen LogP contribution in [0.2, 0.25) is 0 Å². The molecular weight excluding hydrogens is 162 g/mol. The molecule has 0 aliphatic carbocycles. The lowest BCUT2D eigenvalue weighted by molar-refractivity contribution is -0.00532. The standard InChI is InChI=1S/C3H8O5S.H3N/c1-3(4)8-9(5,6)7-2;/h3-4H,1-2H3;1H3. The fourth-order valence-electron chi connectivity index (χ4n) is 0.210. The molecule has 6 nitrogen and oxygen atoms in total. The van der Waals surface area contributed by atoms with E-state index in [1.165, 1.54) is 0 Å². The van der Waals surface area contributed by atoms with Gasteiger partial charge in [-0.1, -0.05) is 0 Å². The second kappa shape index (κ2) is 4.58. The van der Waals surface area contributed by atoms with Crippen LogP contribution in [0.1, 0.15) is 6.92 Å². The molecule has 0 aromatic carbocycles. The SMILES string of the molecule is COS(=O)(=O)OC(C)O.N. The summed E-state index contributed by atoms with van der Waals surface area (Å²) in [4.78, 5) is 0. The summed E-state index contributed by atoms with van der Waals surface area (Å²) < 4.78 is 28.1. The summed E-state index contributed by atoms with van der Waals surface area (Å²) in [6.45, 7) is 1.16. The van der Waals surface area contributed by atoms with E-state index in [0.717, 1.165) is 14.0 Å². The van der Waals surface area contributed by atoms with E-state index < -0.39 is 16.7 Å². The Morgan fingerprint density at radius 1 is 1.50 bits per heavy atom. The minimum Gasteiger partial charge on any atom is -0.367 e. The molecule has 0 aromatic heterocycles. The summed E-state index contributed by atoms with van der Waals surface area (Å²) in [7, 11) is -3.03. The molecule has 10 heavy (non-hydrogen) atoms. The molecule has 7 heteroatoms. The highest BCUT2D eigenvalue weighted by Crippen LogP contribution is 1.95. The van der Waals surface area contributed by atoms with Gasteiger partial charge in [-0.25, -0.2) is 4.18 Å². The topological polar surface area (TPSA) is 108 Å². The van der Waals surface area contributed by atoms with Gasteiger partial charge in [-0.05, 0) is 6.92 Å². The lowest BCUT2D eigenvalue weighted by atomic mass is 10.8. The van der Waals surface area contributed by atoms with Crippen LogP contribution in [0.15, 0.2) is 0 Å². The molecule has 0 bridgehead atoms. The van der Waals surface area contributed by atoms with E-state index in [0.29, 0.717) is 0 Å². The minimum atomic E-state index is -3.97. The second-order valence-electron chi connectivity index (χ2n) is 1.27. The zero-order valence-electron chi connectivity index (χ0n) is 5.77. The first-order chi connectivity index (χ1) is 3.98. The Bertz CT molecular complexity index is 162. The van der Waals surface area contributed by atoms with Crippen molar-refractivity contribution in [2.24, 2.45) is 0 Å². The van der Waals surface area contributed by atoms with Gasteiger partial charge >= 0.3 is 10.4 Å². The summed E-state index contributed by atoms with van der Waals surface area (Å²) in [5.41, 5.74) is 0. The van der Waals surface area contributed by atoms with Crippen LogP contribution in [0, 0.1) is 0 Å². The molecule has 0 rings (SSSR count). The van der Waals surface area contributed by atoms with Gasteiger partial charge in [-0.3, -0.25) is 4.18 Å². The zero-order valence-corrected chi connectivity index (χ0v) is 6.59. The fraction of sp³-hybridized carbons (Fsp3) is 1.00. The van der Waals surface area contributed by atoms with E-state index in [1.807, 2.05) is 0 Å². The van der Waals surface area contributed by atoms with E-state index >= 15 is 0 Å². The van der Waals surface area contributed by atoms with Crippen LogP contribution >= 0.6 is 0 Å². The molecule has 0 saturated carbocycles. The molecule has 0 heterocycles. The molecule has 64 valence electrons. The largest absolute Gasteiger partial charge is 0.402 e. The van der Waals surface area contributed by atoms with Gasteiger partial charge in [0.25, 0.3) is 0 Å². The number of rotatable bonds is 3. The van der Waals surface area contributed by atoms with Gasteiger partial charge in [0.2, 0.25) is 0 Å². The molecule has 0 spiro atoms. The van der Waals surface area contributed by atoms with Crippen LogP contribution in [-0.2, 0) is 18.8 Å². The summed E-state index contributed by atoms with van der Waals surface area (Å²) >= 11 is 0. The van der Waals surface area contributed by atoms with Gasteiger partial charge < -0.3 is 11.3 Å². The van der Waals surface area contributed by atoms with E-state index in [1.54, 1.807) is 0 Å². The molecule has 0 amide bonds. The second-order valence-corrected chi connectivity index (χ2v) is 2.61. The Hall–Kier alpha value is -0.210. The highest BCUT2D eigenvalue weighted by molar-refractivity contribution is 7.81. The molecule has 0 aliphatic heterocycles. The highest BCUT2D eigenvalue weighted by atomic mass is 32.3. The number of aliphatic hydroxyl groups is 1. The molecule has 0 aliphatic rings. The van der Waals surface area contributed by atoms with Gasteiger partial charge in [0, 0.05) is 0 Å². The maximum atomic E-state index is 10.2. The lowest BCUT2D eigenvalue weighted by Crippen LogP contribution is -2.15. The van der Waals surface area contributed by atoms with E-state index in [-0.39, 0.29) is 6.15 Å². The van der Waals surface area contributed by atoms with Crippen molar-refractivity contribution in [1.82, 2.24) is 6.15 Å². The van der Waals surface area contributed by atoms with Gasteiger partial charge in [-0.2, -0.15) is 8.42 Å². The number of hydrogen-bond acceptors (Lipinski definition) is 6. The van der Waals surface area contributed by atoms with Crippen molar-refractivity contribution in [3.8, 4) is 0 Å². The third-order valence-corrected chi connectivity index (χ3v) is 1.38. The van der Waals surface area contributed by atoms with Crippen LogP contribution in [0.25, 0.3) is 0 Å². The molecule has 4 N–H and O–H groups in total. The molecule has 0 radical (unpaired) electrons. The highest BCUT2D eigenvalue weighted by Gasteiger charge is 2.11. The van der Waals surface area contributed by atoms with E-state index in [9.17, 15) is 8.42 Å². The first-order valence-corrected chi connectivity index (χ1v) is 3.48. The number of aliphatic hydroxyl groups excluding tert-OH is 1. The maximum Gasteiger partial charge on any atom is 0.402 e. The summed E-state index contributed by atoms with van der Waals surface area (Å²) in [6, 6.07) is 0. The minimum absolute atomic E-state index is 0. The van der Waals surface area contributed by atoms with Crippen molar-refractivity contribution in [3.05, 3.63) is 0 Å². The average Bonchev–Trinajstić information content (AvgIpc) is 1.63. The smallest absolute Gasteiger partial charge is 0.367 e.